The standard InChI is InChI=1S/C16H15BrN4/c17-15-1-3-16(4-2-15)20-21-10-7-14(12-19-21)11-13-5-8-18-9-6-13/h1-10,12,19-20H,11H2. The third kappa shape index (κ3) is 3.86. The summed E-state index contributed by atoms with van der Waals surface area (Å²) in [6, 6.07) is 12.1. The van der Waals surface area contributed by atoms with Crippen LogP contribution in [-0.4, -0.2) is 10.1 Å². The molecule has 1 aliphatic rings. The predicted octanol–water partition coefficient (Wildman–Crippen LogP) is 3.63. The van der Waals surface area contributed by atoms with Gasteiger partial charge in [0.2, 0.25) is 0 Å². The van der Waals surface area contributed by atoms with Gasteiger partial charge in [-0.1, -0.05) is 15.9 Å². The molecule has 1 aliphatic heterocycles. The number of benzene rings is 1. The first-order valence-corrected chi connectivity index (χ1v) is 7.43. The van der Waals surface area contributed by atoms with Gasteiger partial charge in [0.05, 0.1) is 5.69 Å². The number of halogens is 1. The van der Waals surface area contributed by atoms with Gasteiger partial charge in [0.1, 0.15) is 0 Å². The first-order chi connectivity index (χ1) is 10.3. The number of nitrogens with zero attached hydrogens (tertiary/aromatic N) is 2. The molecule has 2 aromatic rings. The van der Waals surface area contributed by atoms with Gasteiger partial charge in [-0.2, -0.15) is 0 Å². The lowest BCUT2D eigenvalue weighted by Crippen LogP contribution is -2.36. The van der Waals surface area contributed by atoms with Gasteiger partial charge in [-0.3, -0.25) is 15.8 Å². The molecule has 21 heavy (non-hydrogen) atoms. The summed E-state index contributed by atoms with van der Waals surface area (Å²) in [5.41, 5.74) is 9.93. The molecular weight excluding hydrogens is 328 g/mol. The van der Waals surface area contributed by atoms with Crippen molar-refractivity contribution in [3.05, 3.63) is 82.9 Å². The van der Waals surface area contributed by atoms with Gasteiger partial charge >= 0.3 is 0 Å². The summed E-state index contributed by atoms with van der Waals surface area (Å²) < 4.78 is 1.06. The van der Waals surface area contributed by atoms with Crippen molar-refractivity contribution < 1.29 is 0 Å². The molecular formula is C16H15BrN4. The van der Waals surface area contributed by atoms with Crippen molar-refractivity contribution in [1.82, 2.24) is 15.5 Å². The van der Waals surface area contributed by atoms with Crippen molar-refractivity contribution in [1.29, 1.82) is 0 Å². The monoisotopic (exact) mass is 342 g/mol. The number of anilines is 1. The van der Waals surface area contributed by atoms with Crippen molar-refractivity contribution in [3.8, 4) is 0 Å². The Morgan fingerprint density at radius 3 is 2.52 bits per heavy atom. The summed E-state index contributed by atoms with van der Waals surface area (Å²) in [5, 5.41) is 1.82. The molecule has 5 heteroatoms. The highest BCUT2D eigenvalue weighted by atomic mass is 79.9. The number of pyridine rings is 1. The van der Waals surface area contributed by atoms with Crippen LogP contribution in [0.5, 0.6) is 0 Å². The summed E-state index contributed by atoms with van der Waals surface area (Å²) in [6.45, 7) is 0. The second-order valence-corrected chi connectivity index (χ2v) is 5.60. The third-order valence-electron chi connectivity index (χ3n) is 3.08. The Labute approximate surface area is 132 Å². The Hall–Kier alpha value is -2.27. The number of hydrogen-bond donors (Lipinski definition) is 2. The zero-order valence-corrected chi connectivity index (χ0v) is 12.9. The number of allylic oxidation sites excluding steroid dienone is 2. The zero-order valence-electron chi connectivity index (χ0n) is 11.3. The Morgan fingerprint density at radius 2 is 1.86 bits per heavy atom. The van der Waals surface area contributed by atoms with E-state index < -0.39 is 0 Å². The van der Waals surface area contributed by atoms with E-state index in [9.17, 15) is 0 Å². The van der Waals surface area contributed by atoms with Crippen molar-refractivity contribution >= 4 is 21.6 Å². The molecule has 3 rings (SSSR count). The molecule has 0 atom stereocenters. The smallest absolute Gasteiger partial charge is 0.0561 e. The molecule has 0 radical (unpaired) electrons. The van der Waals surface area contributed by atoms with Crippen LogP contribution in [0.1, 0.15) is 5.56 Å². The minimum atomic E-state index is 0.887. The van der Waals surface area contributed by atoms with E-state index >= 15 is 0 Å². The Balaban J connectivity index is 1.57. The largest absolute Gasteiger partial charge is 0.287 e. The maximum atomic E-state index is 4.03. The van der Waals surface area contributed by atoms with Crippen LogP contribution in [0.2, 0.25) is 0 Å². The molecule has 0 bridgehead atoms. The topological polar surface area (TPSA) is 40.2 Å². The summed E-state index contributed by atoms with van der Waals surface area (Å²) in [6.07, 6.45) is 10.6. The molecule has 2 N–H and O–H groups in total. The van der Waals surface area contributed by atoms with Crippen molar-refractivity contribution in [3.63, 3.8) is 0 Å². The minimum absolute atomic E-state index is 0.887. The third-order valence-corrected chi connectivity index (χ3v) is 3.61. The van der Waals surface area contributed by atoms with Gasteiger partial charge < -0.3 is 0 Å². The maximum absolute atomic E-state index is 4.03. The fraction of sp³-hybridized carbons (Fsp3) is 0.0625. The van der Waals surface area contributed by atoms with E-state index in [1.165, 1.54) is 11.1 Å². The SMILES string of the molecule is Brc1ccc(NN2C=CC(Cc3ccncc3)=CN2)cc1. The summed E-state index contributed by atoms with van der Waals surface area (Å²) in [4.78, 5) is 4.03. The fourth-order valence-electron chi connectivity index (χ4n) is 1.99. The lowest BCUT2D eigenvalue weighted by molar-refractivity contribution is 0.373. The van der Waals surface area contributed by atoms with Crippen molar-refractivity contribution in [2.45, 2.75) is 6.42 Å². The van der Waals surface area contributed by atoms with E-state index in [1.54, 1.807) is 0 Å². The van der Waals surface area contributed by atoms with Gasteiger partial charge in [-0.15, -0.1) is 0 Å². The molecule has 1 aromatic carbocycles. The summed E-state index contributed by atoms with van der Waals surface area (Å²) >= 11 is 3.43. The molecule has 0 unspecified atom stereocenters. The molecule has 2 heterocycles. The molecule has 106 valence electrons. The van der Waals surface area contributed by atoms with E-state index in [2.05, 4.69) is 37.8 Å². The van der Waals surface area contributed by atoms with Gasteiger partial charge in [-0.05, 0) is 60.0 Å². The molecule has 0 amide bonds. The van der Waals surface area contributed by atoms with E-state index in [0.717, 1.165) is 16.6 Å². The molecule has 0 saturated heterocycles. The number of hydrogen-bond acceptors (Lipinski definition) is 4. The molecule has 0 spiro atoms. The van der Waals surface area contributed by atoms with Gasteiger partial charge in [0, 0.05) is 29.3 Å². The van der Waals surface area contributed by atoms with Crippen LogP contribution in [0, 0.1) is 0 Å². The highest BCUT2D eigenvalue weighted by Crippen LogP contribution is 2.16. The number of aromatic nitrogens is 1. The highest BCUT2D eigenvalue weighted by Gasteiger charge is 2.05. The van der Waals surface area contributed by atoms with Crippen LogP contribution in [0.3, 0.4) is 0 Å². The minimum Gasteiger partial charge on any atom is -0.287 e. The first kappa shape index (κ1) is 13.7. The first-order valence-electron chi connectivity index (χ1n) is 6.63. The van der Waals surface area contributed by atoms with Gasteiger partial charge in [-0.25, -0.2) is 5.12 Å². The molecule has 4 nitrogen and oxygen atoms in total. The second kappa shape index (κ2) is 6.45. The lowest BCUT2D eigenvalue weighted by Gasteiger charge is -2.25. The molecule has 0 aliphatic carbocycles. The van der Waals surface area contributed by atoms with Gasteiger partial charge in [0.25, 0.3) is 0 Å². The van der Waals surface area contributed by atoms with Gasteiger partial charge in [0.15, 0.2) is 0 Å². The van der Waals surface area contributed by atoms with Crippen LogP contribution in [-0.2, 0) is 6.42 Å². The van der Waals surface area contributed by atoms with Crippen LogP contribution in [0.15, 0.2) is 77.3 Å². The average molecular weight is 343 g/mol. The van der Waals surface area contributed by atoms with Crippen LogP contribution < -0.4 is 10.9 Å². The number of hydrazine groups is 2. The van der Waals surface area contributed by atoms with E-state index in [-0.39, 0.29) is 0 Å². The van der Waals surface area contributed by atoms with Crippen molar-refractivity contribution in [2.75, 3.05) is 5.43 Å². The quantitative estimate of drug-likeness (QED) is 0.889. The van der Waals surface area contributed by atoms with E-state index in [1.807, 2.05) is 66.3 Å². The Kier molecular flexibility index (Phi) is 4.21. The molecule has 1 aromatic heterocycles. The van der Waals surface area contributed by atoms with Crippen LogP contribution in [0.4, 0.5) is 5.69 Å². The summed E-state index contributed by atoms with van der Waals surface area (Å²) in [7, 11) is 0. The number of rotatable bonds is 4. The normalized spacial score (nSPS) is 13.6. The molecule has 0 fully saturated rings. The Morgan fingerprint density at radius 1 is 1.10 bits per heavy atom. The zero-order chi connectivity index (χ0) is 14.5. The highest BCUT2D eigenvalue weighted by molar-refractivity contribution is 9.10. The average Bonchev–Trinajstić information content (AvgIpc) is 2.53. The van der Waals surface area contributed by atoms with Crippen LogP contribution in [0.25, 0.3) is 0 Å². The summed E-state index contributed by atoms with van der Waals surface area (Å²) in [5.74, 6) is 0. The molecule has 0 saturated carbocycles. The van der Waals surface area contributed by atoms with Crippen LogP contribution >= 0.6 is 15.9 Å². The second-order valence-electron chi connectivity index (χ2n) is 4.69. The lowest BCUT2D eigenvalue weighted by atomic mass is 10.1. The Bertz CT molecular complexity index is 650. The van der Waals surface area contributed by atoms with E-state index in [0.29, 0.717) is 0 Å². The predicted molar refractivity (Wildman–Crippen MR) is 87.9 cm³/mol. The fourth-order valence-corrected chi connectivity index (χ4v) is 2.26. The van der Waals surface area contributed by atoms with Crippen molar-refractivity contribution in [2.24, 2.45) is 0 Å². The van der Waals surface area contributed by atoms with E-state index in [4.69, 9.17) is 0 Å². The number of nitrogens with one attached hydrogen (secondary N) is 2. The maximum Gasteiger partial charge on any atom is 0.0561 e.